The van der Waals surface area contributed by atoms with Gasteiger partial charge in [-0.2, -0.15) is 0 Å². The SMILES string of the molecule is Cc1cccc(N(CC(=O)Nc2ccc(N3CCOCC3)cc2)S(C)(=O)=O)c1. The smallest absolute Gasteiger partial charge is 0.245 e. The zero-order valence-electron chi connectivity index (χ0n) is 16.1. The van der Waals surface area contributed by atoms with Gasteiger partial charge in [0.15, 0.2) is 0 Å². The van der Waals surface area contributed by atoms with Crippen LogP contribution in [0.15, 0.2) is 48.5 Å². The molecular formula is C20H25N3O4S. The van der Waals surface area contributed by atoms with Gasteiger partial charge in [-0.05, 0) is 48.9 Å². The number of ether oxygens (including phenoxy) is 1. The van der Waals surface area contributed by atoms with Gasteiger partial charge < -0.3 is 15.0 Å². The van der Waals surface area contributed by atoms with E-state index < -0.39 is 15.9 Å². The third-order valence-electron chi connectivity index (χ3n) is 4.50. The zero-order valence-corrected chi connectivity index (χ0v) is 16.9. The van der Waals surface area contributed by atoms with E-state index in [-0.39, 0.29) is 6.54 Å². The maximum Gasteiger partial charge on any atom is 0.245 e. The van der Waals surface area contributed by atoms with Crippen LogP contribution in [0.4, 0.5) is 17.1 Å². The van der Waals surface area contributed by atoms with E-state index in [9.17, 15) is 13.2 Å². The van der Waals surface area contributed by atoms with E-state index in [2.05, 4.69) is 10.2 Å². The van der Waals surface area contributed by atoms with Crippen molar-refractivity contribution < 1.29 is 17.9 Å². The summed E-state index contributed by atoms with van der Waals surface area (Å²) in [7, 11) is -3.59. The lowest BCUT2D eigenvalue weighted by atomic mass is 10.2. The molecule has 1 aliphatic heterocycles. The Morgan fingerprint density at radius 1 is 1.14 bits per heavy atom. The maximum absolute atomic E-state index is 12.5. The van der Waals surface area contributed by atoms with Gasteiger partial charge in [0.25, 0.3) is 0 Å². The van der Waals surface area contributed by atoms with E-state index in [4.69, 9.17) is 4.74 Å². The summed E-state index contributed by atoms with van der Waals surface area (Å²) in [5, 5.41) is 2.77. The summed E-state index contributed by atoms with van der Waals surface area (Å²) in [4.78, 5) is 14.7. The standard InChI is InChI=1S/C20H25N3O4S/c1-16-4-3-5-19(14-16)23(28(2,25)26)15-20(24)21-17-6-8-18(9-7-17)22-10-12-27-13-11-22/h3-9,14H,10-13,15H2,1-2H3,(H,21,24). The van der Waals surface area contributed by atoms with Gasteiger partial charge in [-0.1, -0.05) is 12.1 Å². The number of hydrogen-bond donors (Lipinski definition) is 1. The lowest BCUT2D eigenvalue weighted by Gasteiger charge is -2.29. The number of carbonyl (C=O) groups is 1. The molecule has 0 saturated carbocycles. The number of benzene rings is 2. The number of hydrogen-bond acceptors (Lipinski definition) is 5. The Kier molecular flexibility index (Phi) is 6.21. The lowest BCUT2D eigenvalue weighted by molar-refractivity contribution is -0.114. The minimum absolute atomic E-state index is 0.284. The van der Waals surface area contributed by atoms with Gasteiger partial charge in [0.05, 0.1) is 25.2 Å². The van der Waals surface area contributed by atoms with Crippen molar-refractivity contribution in [1.82, 2.24) is 0 Å². The minimum Gasteiger partial charge on any atom is -0.378 e. The summed E-state index contributed by atoms with van der Waals surface area (Å²) in [6, 6.07) is 14.6. The quantitative estimate of drug-likeness (QED) is 0.800. The highest BCUT2D eigenvalue weighted by Crippen LogP contribution is 2.21. The van der Waals surface area contributed by atoms with Gasteiger partial charge in [0.2, 0.25) is 15.9 Å². The van der Waals surface area contributed by atoms with Crippen LogP contribution in [0, 0.1) is 6.92 Å². The van der Waals surface area contributed by atoms with E-state index in [0.29, 0.717) is 24.6 Å². The van der Waals surface area contributed by atoms with Crippen LogP contribution in [-0.4, -0.2) is 53.4 Å². The number of rotatable bonds is 6. The fraction of sp³-hybridized carbons (Fsp3) is 0.350. The molecular weight excluding hydrogens is 378 g/mol. The highest BCUT2D eigenvalue weighted by atomic mass is 32.2. The predicted molar refractivity (Wildman–Crippen MR) is 111 cm³/mol. The van der Waals surface area contributed by atoms with Crippen LogP contribution in [0.25, 0.3) is 0 Å². The van der Waals surface area contributed by atoms with E-state index in [1.54, 1.807) is 18.2 Å². The molecule has 0 bridgehead atoms. The Morgan fingerprint density at radius 2 is 1.82 bits per heavy atom. The molecule has 1 aliphatic rings. The molecule has 0 aliphatic carbocycles. The highest BCUT2D eigenvalue weighted by molar-refractivity contribution is 7.92. The second-order valence-corrected chi connectivity index (χ2v) is 8.71. The highest BCUT2D eigenvalue weighted by Gasteiger charge is 2.21. The molecule has 0 spiro atoms. The van der Waals surface area contributed by atoms with Crippen LogP contribution < -0.4 is 14.5 Å². The molecule has 2 aromatic rings. The van der Waals surface area contributed by atoms with Crippen LogP contribution in [0.1, 0.15) is 5.56 Å². The van der Waals surface area contributed by atoms with Crippen LogP contribution >= 0.6 is 0 Å². The normalized spacial score (nSPS) is 14.6. The molecule has 1 heterocycles. The first-order valence-electron chi connectivity index (χ1n) is 9.10. The fourth-order valence-corrected chi connectivity index (χ4v) is 3.94. The number of anilines is 3. The minimum atomic E-state index is -3.59. The molecule has 28 heavy (non-hydrogen) atoms. The van der Waals surface area contributed by atoms with E-state index in [0.717, 1.165) is 34.9 Å². The predicted octanol–water partition coefficient (Wildman–Crippen LogP) is 2.24. The van der Waals surface area contributed by atoms with Gasteiger partial charge >= 0.3 is 0 Å². The number of sulfonamides is 1. The number of carbonyl (C=O) groups excluding carboxylic acids is 1. The second-order valence-electron chi connectivity index (χ2n) is 6.80. The van der Waals surface area contributed by atoms with Crippen molar-refractivity contribution in [1.29, 1.82) is 0 Å². The number of nitrogens with zero attached hydrogens (tertiary/aromatic N) is 2. The molecule has 1 amide bonds. The van der Waals surface area contributed by atoms with Crippen LogP contribution in [0.3, 0.4) is 0 Å². The first-order valence-corrected chi connectivity index (χ1v) is 10.9. The van der Waals surface area contributed by atoms with Crippen molar-refractivity contribution in [2.24, 2.45) is 0 Å². The molecule has 1 saturated heterocycles. The van der Waals surface area contributed by atoms with E-state index in [1.165, 1.54) is 0 Å². The molecule has 0 radical (unpaired) electrons. The number of aryl methyl sites for hydroxylation is 1. The molecule has 150 valence electrons. The van der Waals surface area contributed by atoms with Gasteiger partial charge in [-0.15, -0.1) is 0 Å². The number of morpholine rings is 1. The van der Waals surface area contributed by atoms with E-state index in [1.807, 2.05) is 37.3 Å². The van der Waals surface area contributed by atoms with E-state index >= 15 is 0 Å². The molecule has 1 fully saturated rings. The maximum atomic E-state index is 12.5. The molecule has 2 aromatic carbocycles. The third kappa shape index (κ3) is 5.24. The Balaban J connectivity index is 1.67. The van der Waals surface area contributed by atoms with Crippen molar-refractivity contribution in [2.75, 3.05) is 53.6 Å². The summed E-state index contributed by atoms with van der Waals surface area (Å²) in [6.45, 7) is 4.68. The van der Waals surface area contributed by atoms with Gasteiger partial charge in [-0.25, -0.2) is 8.42 Å². The molecule has 0 aromatic heterocycles. The monoisotopic (exact) mass is 403 g/mol. The van der Waals surface area contributed by atoms with Gasteiger partial charge in [-0.3, -0.25) is 9.10 Å². The first-order chi connectivity index (χ1) is 13.3. The largest absolute Gasteiger partial charge is 0.378 e. The fourth-order valence-electron chi connectivity index (χ4n) is 3.09. The molecule has 8 heteroatoms. The molecule has 3 rings (SSSR count). The topological polar surface area (TPSA) is 79.0 Å². The van der Waals surface area contributed by atoms with Crippen molar-refractivity contribution >= 4 is 33.0 Å². The third-order valence-corrected chi connectivity index (χ3v) is 5.65. The molecule has 1 N–H and O–H groups in total. The molecule has 0 unspecified atom stereocenters. The zero-order chi connectivity index (χ0) is 20.1. The van der Waals surface area contributed by atoms with Crippen molar-refractivity contribution in [3.05, 3.63) is 54.1 Å². The van der Waals surface area contributed by atoms with Crippen molar-refractivity contribution in [3.63, 3.8) is 0 Å². The van der Waals surface area contributed by atoms with Crippen molar-refractivity contribution in [2.45, 2.75) is 6.92 Å². The Bertz CT molecular complexity index is 923. The summed E-state index contributed by atoms with van der Waals surface area (Å²) in [6.07, 6.45) is 1.10. The first kappa shape index (κ1) is 20.2. The lowest BCUT2D eigenvalue weighted by Crippen LogP contribution is -2.37. The summed E-state index contributed by atoms with van der Waals surface area (Å²) in [5.41, 5.74) is 3.09. The summed E-state index contributed by atoms with van der Waals surface area (Å²) in [5.74, 6) is -0.397. The van der Waals surface area contributed by atoms with Gasteiger partial charge in [0, 0.05) is 24.5 Å². The molecule has 7 nitrogen and oxygen atoms in total. The number of amides is 1. The van der Waals surface area contributed by atoms with Crippen LogP contribution in [0.5, 0.6) is 0 Å². The Hall–Kier alpha value is -2.58. The Labute approximate surface area is 166 Å². The average molecular weight is 404 g/mol. The van der Waals surface area contributed by atoms with Crippen molar-refractivity contribution in [3.8, 4) is 0 Å². The summed E-state index contributed by atoms with van der Waals surface area (Å²) >= 11 is 0. The average Bonchev–Trinajstić information content (AvgIpc) is 2.66. The van der Waals surface area contributed by atoms with Crippen LogP contribution in [0.2, 0.25) is 0 Å². The second kappa shape index (κ2) is 8.62. The Morgan fingerprint density at radius 3 is 2.43 bits per heavy atom. The van der Waals surface area contributed by atoms with Crippen LogP contribution in [-0.2, 0) is 19.6 Å². The molecule has 0 atom stereocenters. The summed E-state index contributed by atoms with van der Waals surface area (Å²) < 4.78 is 30.8. The van der Waals surface area contributed by atoms with Gasteiger partial charge in [0.1, 0.15) is 6.54 Å². The number of nitrogens with one attached hydrogen (secondary N) is 1.